The summed E-state index contributed by atoms with van der Waals surface area (Å²) in [5.74, 6) is 0.457. The monoisotopic (exact) mass is 247 g/mol. The molecular formula is C10H13N7O. The largest absolute Gasteiger partial charge is 0.382 e. The number of carbonyl (C=O) groups is 1. The second-order valence-corrected chi connectivity index (χ2v) is 4.16. The summed E-state index contributed by atoms with van der Waals surface area (Å²) in [7, 11) is 0. The van der Waals surface area contributed by atoms with Gasteiger partial charge in [0.1, 0.15) is 5.52 Å². The van der Waals surface area contributed by atoms with Crippen LogP contribution in [0.5, 0.6) is 0 Å². The Morgan fingerprint density at radius 1 is 1.39 bits per heavy atom. The molecule has 1 saturated heterocycles. The number of nitrogen functional groups attached to an aromatic ring is 1. The van der Waals surface area contributed by atoms with Crippen molar-refractivity contribution in [2.45, 2.75) is 12.8 Å². The van der Waals surface area contributed by atoms with Crippen LogP contribution < -0.4 is 11.1 Å². The number of urea groups is 1. The first kappa shape index (κ1) is 10.8. The van der Waals surface area contributed by atoms with Crippen molar-refractivity contribution in [3.8, 4) is 0 Å². The number of aromatic nitrogens is 4. The number of amides is 2. The summed E-state index contributed by atoms with van der Waals surface area (Å²) < 4.78 is 0. The Hall–Kier alpha value is -2.38. The quantitative estimate of drug-likeness (QED) is 0.681. The average Bonchev–Trinajstić information content (AvgIpc) is 2.99. The highest BCUT2D eigenvalue weighted by molar-refractivity contribution is 5.90. The molecule has 94 valence electrons. The van der Waals surface area contributed by atoms with Crippen molar-refractivity contribution >= 4 is 29.0 Å². The van der Waals surface area contributed by atoms with Crippen LogP contribution >= 0.6 is 0 Å². The first-order valence-electron chi connectivity index (χ1n) is 5.76. The highest BCUT2D eigenvalue weighted by atomic mass is 16.2. The lowest BCUT2D eigenvalue weighted by atomic mass is 10.4. The summed E-state index contributed by atoms with van der Waals surface area (Å²) in [5.41, 5.74) is 6.77. The maximum Gasteiger partial charge on any atom is 0.324 e. The van der Waals surface area contributed by atoms with Crippen LogP contribution in [0.15, 0.2) is 6.33 Å². The molecule has 2 aromatic rings. The van der Waals surface area contributed by atoms with E-state index in [-0.39, 0.29) is 17.8 Å². The first-order chi connectivity index (χ1) is 8.74. The predicted molar refractivity (Wildman–Crippen MR) is 65.9 cm³/mol. The minimum Gasteiger partial charge on any atom is -0.382 e. The Bertz CT molecular complexity index is 587. The minimum atomic E-state index is -0.193. The average molecular weight is 247 g/mol. The van der Waals surface area contributed by atoms with Gasteiger partial charge in [-0.2, -0.15) is 9.97 Å². The number of carbonyl (C=O) groups excluding carboxylic acids is 1. The fourth-order valence-electron chi connectivity index (χ4n) is 2.01. The zero-order chi connectivity index (χ0) is 12.5. The van der Waals surface area contributed by atoms with Crippen molar-refractivity contribution in [2.75, 3.05) is 24.1 Å². The number of aromatic amines is 1. The topological polar surface area (TPSA) is 113 Å². The van der Waals surface area contributed by atoms with Crippen LogP contribution in [0, 0.1) is 0 Å². The normalized spacial score (nSPS) is 15.2. The van der Waals surface area contributed by atoms with E-state index in [0.29, 0.717) is 11.2 Å². The molecule has 2 amide bonds. The molecule has 0 spiro atoms. The van der Waals surface area contributed by atoms with Crippen LogP contribution in [-0.4, -0.2) is 44.0 Å². The molecule has 0 bridgehead atoms. The molecule has 4 N–H and O–H groups in total. The maximum atomic E-state index is 11.9. The van der Waals surface area contributed by atoms with Gasteiger partial charge in [-0.1, -0.05) is 0 Å². The summed E-state index contributed by atoms with van der Waals surface area (Å²) in [6.07, 6.45) is 3.56. The second kappa shape index (κ2) is 4.13. The van der Waals surface area contributed by atoms with Crippen LogP contribution in [-0.2, 0) is 0 Å². The third-order valence-electron chi connectivity index (χ3n) is 2.93. The van der Waals surface area contributed by atoms with Gasteiger partial charge in [0.25, 0.3) is 0 Å². The van der Waals surface area contributed by atoms with E-state index in [1.165, 1.54) is 6.33 Å². The number of nitrogens with one attached hydrogen (secondary N) is 2. The zero-order valence-corrected chi connectivity index (χ0v) is 9.68. The predicted octanol–water partition coefficient (Wildman–Crippen LogP) is 0.563. The molecule has 3 heterocycles. The van der Waals surface area contributed by atoms with Crippen LogP contribution in [0.2, 0.25) is 0 Å². The summed E-state index contributed by atoms with van der Waals surface area (Å²) in [5, 5.41) is 2.64. The van der Waals surface area contributed by atoms with Gasteiger partial charge in [-0.25, -0.2) is 9.78 Å². The van der Waals surface area contributed by atoms with Gasteiger partial charge >= 0.3 is 6.03 Å². The van der Waals surface area contributed by atoms with E-state index in [2.05, 4.69) is 25.3 Å². The van der Waals surface area contributed by atoms with Gasteiger partial charge in [0.15, 0.2) is 11.5 Å². The molecular weight excluding hydrogens is 234 g/mol. The standard InChI is InChI=1S/C10H13N7O/c11-7-6-8(13-5-12-6)15-9(14-7)16-10(18)17-3-1-2-4-17/h5H,1-4H2,(H4,11,12,13,14,15,16,18). The van der Waals surface area contributed by atoms with Crippen molar-refractivity contribution in [1.82, 2.24) is 24.8 Å². The Morgan fingerprint density at radius 2 is 2.17 bits per heavy atom. The van der Waals surface area contributed by atoms with E-state index in [9.17, 15) is 4.79 Å². The first-order valence-corrected chi connectivity index (χ1v) is 5.76. The number of anilines is 2. The number of imidazole rings is 1. The summed E-state index contributed by atoms with van der Waals surface area (Å²) >= 11 is 0. The van der Waals surface area contributed by atoms with Gasteiger partial charge in [0.05, 0.1) is 6.33 Å². The number of nitrogens with two attached hydrogens (primary N) is 1. The molecule has 0 unspecified atom stereocenters. The minimum absolute atomic E-state index is 0.184. The van der Waals surface area contributed by atoms with Crippen molar-refractivity contribution in [3.05, 3.63) is 6.33 Å². The van der Waals surface area contributed by atoms with Crippen molar-refractivity contribution in [2.24, 2.45) is 0 Å². The lowest BCUT2D eigenvalue weighted by Crippen LogP contribution is -2.32. The fourth-order valence-corrected chi connectivity index (χ4v) is 2.01. The van der Waals surface area contributed by atoms with Gasteiger partial charge in [-0.05, 0) is 12.8 Å². The Morgan fingerprint density at radius 3 is 2.94 bits per heavy atom. The van der Waals surface area contributed by atoms with Gasteiger partial charge in [0, 0.05) is 13.1 Å². The summed E-state index contributed by atoms with van der Waals surface area (Å²) in [6.45, 7) is 1.54. The number of hydrogen-bond donors (Lipinski definition) is 3. The highest BCUT2D eigenvalue weighted by Gasteiger charge is 2.19. The van der Waals surface area contributed by atoms with Crippen LogP contribution in [0.25, 0.3) is 11.2 Å². The Labute approximate surface area is 103 Å². The van der Waals surface area contributed by atoms with E-state index in [1.807, 2.05) is 0 Å². The van der Waals surface area contributed by atoms with Gasteiger partial charge in [-0.3, -0.25) is 5.32 Å². The van der Waals surface area contributed by atoms with Crippen molar-refractivity contribution < 1.29 is 4.79 Å². The van der Waals surface area contributed by atoms with E-state index < -0.39 is 0 Å². The van der Waals surface area contributed by atoms with Crippen LogP contribution in [0.4, 0.5) is 16.6 Å². The molecule has 0 radical (unpaired) electrons. The third kappa shape index (κ3) is 1.81. The molecule has 1 fully saturated rings. The molecule has 3 rings (SSSR count). The number of rotatable bonds is 1. The van der Waals surface area contributed by atoms with Crippen LogP contribution in [0.1, 0.15) is 12.8 Å². The third-order valence-corrected chi connectivity index (χ3v) is 2.93. The Balaban J connectivity index is 1.83. The van der Waals surface area contributed by atoms with E-state index >= 15 is 0 Å². The SMILES string of the molecule is Nc1nc(NC(=O)N2CCCC2)nc2nc[nH]c12. The smallest absolute Gasteiger partial charge is 0.324 e. The van der Waals surface area contributed by atoms with Gasteiger partial charge < -0.3 is 15.6 Å². The van der Waals surface area contributed by atoms with Crippen molar-refractivity contribution in [1.29, 1.82) is 0 Å². The zero-order valence-electron chi connectivity index (χ0n) is 9.68. The lowest BCUT2D eigenvalue weighted by molar-refractivity contribution is 0.222. The summed E-state index contributed by atoms with van der Waals surface area (Å²) in [4.78, 5) is 28.6. The van der Waals surface area contributed by atoms with Crippen LogP contribution in [0.3, 0.4) is 0 Å². The molecule has 18 heavy (non-hydrogen) atoms. The van der Waals surface area contributed by atoms with Gasteiger partial charge in [-0.15, -0.1) is 0 Å². The second-order valence-electron chi connectivity index (χ2n) is 4.16. The lowest BCUT2D eigenvalue weighted by Gasteiger charge is -2.15. The molecule has 1 aliphatic rings. The van der Waals surface area contributed by atoms with Crippen molar-refractivity contribution in [3.63, 3.8) is 0 Å². The summed E-state index contributed by atoms with van der Waals surface area (Å²) in [6, 6.07) is -0.193. The number of likely N-dealkylation sites (tertiary alicyclic amines) is 1. The Kier molecular flexibility index (Phi) is 2.47. The molecule has 1 aliphatic heterocycles. The molecule has 0 atom stereocenters. The highest BCUT2D eigenvalue weighted by Crippen LogP contribution is 2.16. The maximum absolute atomic E-state index is 11.9. The number of fused-ring (bicyclic) bond motifs is 1. The number of nitrogens with zero attached hydrogens (tertiary/aromatic N) is 4. The molecule has 2 aromatic heterocycles. The molecule has 8 heteroatoms. The van der Waals surface area contributed by atoms with E-state index in [1.54, 1.807) is 4.90 Å². The molecule has 0 aromatic carbocycles. The molecule has 0 saturated carbocycles. The van der Waals surface area contributed by atoms with E-state index in [4.69, 9.17) is 5.73 Å². The molecule has 0 aliphatic carbocycles. The van der Waals surface area contributed by atoms with E-state index in [0.717, 1.165) is 25.9 Å². The number of hydrogen-bond acceptors (Lipinski definition) is 5. The number of H-pyrrole nitrogens is 1. The van der Waals surface area contributed by atoms with Gasteiger partial charge in [0.2, 0.25) is 5.95 Å². The molecule has 8 nitrogen and oxygen atoms in total. The fraction of sp³-hybridized carbons (Fsp3) is 0.400.